The number of piperazine rings is 1. The fraction of sp³-hybridized carbons (Fsp3) is 0.731. The van der Waals surface area contributed by atoms with Crippen LogP contribution in [0.2, 0.25) is 0 Å². The lowest BCUT2D eigenvalue weighted by atomic mass is 9.69. The van der Waals surface area contributed by atoms with Crippen molar-refractivity contribution in [1.29, 1.82) is 0 Å². The molecule has 0 spiro atoms. The van der Waals surface area contributed by atoms with Gasteiger partial charge in [0, 0.05) is 49.6 Å². The number of benzene rings is 1. The Kier molecular flexibility index (Phi) is 9.20. The van der Waals surface area contributed by atoms with Gasteiger partial charge in [0.05, 0.1) is 17.5 Å². The Hall–Kier alpha value is -1.40. The number of carbonyl (C=O) groups is 1. The minimum Gasteiger partial charge on any atom is -0.369 e. The Morgan fingerprint density at radius 2 is 1.76 bits per heavy atom. The number of aryl methyl sites for hydroxylation is 1. The van der Waals surface area contributed by atoms with Crippen molar-refractivity contribution in [3.8, 4) is 0 Å². The first-order valence-corrected chi connectivity index (χ1v) is 16.9. The summed E-state index contributed by atoms with van der Waals surface area (Å²) < 4.78 is 52.2. The summed E-state index contributed by atoms with van der Waals surface area (Å²) in [5.74, 6) is -0.245. The van der Waals surface area contributed by atoms with Gasteiger partial charge in [-0.3, -0.25) is 4.79 Å². The van der Waals surface area contributed by atoms with Gasteiger partial charge in [-0.2, -0.15) is 4.31 Å². The third kappa shape index (κ3) is 6.01. The van der Waals surface area contributed by atoms with Crippen molar-refractivity contribution in [3.05, 3.63) is 29.8 Å². The summed E-state index contributed by atoms with van der Waals surface area (Å²) in [4.78, 5) is 15.2. The number of amides is 1. The highest BCUT2D eigenvalue weighted by atomic mass is 35.5. The highest BCUT2D eigenvalue weighted by Crippen LogP contribution is 2.66. The number of halogens is 1. The molecule has 2 saturated carbocycles. The van der Waals surface area contributed by atoms with Gasteiger partial charge in [-0.25, -0.2) is 16.8 Å². The van der Waals surface area contributed by atoms with Gasteiger partial charge < -0.3 is 16.0 Å². The van der Waals surface area contributed by atoms with E-state index in [-0.39, 0.29) is 41.8 Å². The van der Waals surface area contributed by atoms with Crippen LogP contribution in [0.3, 0.4) is 0 Å². The number of fused-ring (bicyclic) bond motifs is 2. The van der Waals surface area contributed by atoms with E-state index in [1.807, 2.05) is 12.1 Å². The fourth-order valence-corrected chi connectivity index (χ4v) is 9.87. The molecular formula is C26H43ClN4O5S2. The number of rotatable bonds is 9. The zero-order valence-corrected chi connectivity index (χ0v) is 25.3. The molecule has 4 rings (SSSR count). The number of carbonyl (C=O) groups excluding carboxylic acids is 1. The molecule has 1 aliphatic heterocycles. The third-order valence-electron chi connectivity index (χ3n) is 9.41. The smallest absolute Gasteiger partial charge is 0.237 e. The van der Waals surface area contributed by atoms with E-state index in [4.69, 9.17) is 5.73 Å². The fourth-order valence-electron chi connectivity index (χ4n) is 6.92. The molecular weight excluding hydrogens is 548 g/mol. The summed E-state index contributed by atoms with van der Waals surface area (Å²) in [5, 5.41) is 3.05. The van der Waals surface area contributed by atoms with Crippen LogP contribution < -0.4 is 16.0 Å². The lowest BCUT2D eigenvalue weighted by Crippen LogP contribution is -2.57. The molecule has 2 bridgehead atoms. The van der Waals surface area contributed by atoms with Gasteiger partial charge in [-0.1, -0.05) is 32.0 Å². The summed E-state index contributed by atoms with van der Waals surface area (Å²) in [6.07, 6.45) is 3.55. The minimum absolute atomic E-state index is 0. The lowest BCUT2D eigenvalue weighted by molar-refractivity contribution is -0.124. The Balaban J connectivity index is 0.00000400. The van der Waals surface area contributed by atoms with Crippen molar-refractivity contribution >= 4 is 43.9 Å². The molecule has 3 N–H and O–H groups in total. The zero-order valence-electron chi connectivity index (χ0n) is 22.9. The van der Waals surface area contributed by atoms with Gasteiger partial charge in [-0.05, 0) is 55.6 Å². The molecule has 0 radical (unpaired) electrons. The third-order valence-corrected chi connectivity index (χ3v) is 12.4. The number of sulfone groups is 1. The Morgan fingerprint density at radius 3 is 2.34 bits per heavy atom. The standard InChI is InChI=1S/C26H42N4O5S2.ClH/c1-19-7-5-6-8-22(19)29-12-14-30(15-13-29)37(34,35)18-26-11-9-20(25(26,2)3)17-23(26)28-24(31)21(27)10-16-36(4,32)33;/h5-8,20-21,23H,9-18,27H2,1-4H3,(H,28,31);1H/t20-,21+,23+,26-;/m1./s1. The summed E-state index contributed by atoms with van der Waals surface area (Å²) in [6.45, 7) is 8.47. The predicted molar refractivity (Wildman–Crippen MR) is 154 cm³/mol. The second kappa shape index (κ2) is 11.2. The van der Waals surface area contributed by atoms with E-state index in [9.17, 15) is 21.6 Å². The molecule has 216 valence electrons. The molecule has 4 atom stereocenters. The van der Waals surface area contributed by atoms with E-state index in [1.165, 1.54) is 5.56 Å². The first-order chi connectivity index (χ1) is 17.2. The second-order valence-electron chi connectivity index (χ2n) is 11.9. The van der Waals surface area contributed by atoms with Crippen LogP contribution in [0, 0.1) is 23.7 Å². The molecule has 0 aromatic heterocycles. The molecule has 2 aliphatic carbocycles. The largest absolute Gasteiger partial charge is 0.369 e. The van der Waals surface area contributed by atoms with E-state index in [0.29, 0.717) is 38.5 Å². The molecule has 1 aromatic rings. The van der Waals surface area contributed by atoms with Gasteiger partial charge in [0.25, 0.3) is 0 Å². The van der Waals surface area contributed by atoms with Crippen molar-refractivity contribution in [2.75, 3.05) is 48.8 Å². The average Bonchev–Trinajstić information content (AvgIpc) is 3.17. The Morgan fingerprint density at radius 1 is 1.13 bits per heavy atom. The predicted octanol–water partition coefficient (Wildman–Crippen LogP) is 1.94. The van der Waals surface area contributed by atoms with Crippen LogP contribution in [-0.2, 0) is 24.7 Å². The molecule has 3 aliphatic rings. The SMILES string of the molecule is Cc1ccccc1N1CCN(S(=O)(=O)C[C@]23CC[C@H](C[C@@H]2NC(=O)[C@@H](N)CCS(C)(=O)=O)C3(C)C)CC1.Cl. The number of para-hydroxylation sites is 1. The van der Waals surface area contributed by atoms with Gasteiger partial charge in [-0.15, -0.1) is 12.4 Å². The van der Waals surface area contributed by atoms with E-state index < -0.39 is 37.2 Å². The maximum absolute atomic E-state index is 13.8. The molecule has 1 saturated heterocycles. The van der Waals surface area contributed by atoms with Gasteiger partial charge >= 0.3 is 0 Å². The average molecular weight is 591 g/mol. The van der Waals surface area contributed by atoms with Crippen LogP contribution in [0.25, 0.3) is 0 Å². The maximum Gasteiger partial charge on any atom is 0.237 e. The van der Waals surface area contributed by atoms with Crippen LogP contribution >= 0.6 is 12.4 Å². The first-order valence-electron chi connectivity index (χ1n) is 13.2. The monoisotopic (exact) mass is 590 g/mol. The van der Waals surface area contributed by atoms with E-state index in [1.54, 1.807) is 4.31 Å². The number of nitrogens with two attached hydrogens (primary N) is 1. The van der Waals surface area contributed by atoms with Crippen molar-refractivity contribution in [2.24, 2.45) is 22.5 Å². The number of anilines is 1. The van der Waals surface area contributed by atoms with Gasteiger partial charge in [0.1, 0.15) is 9.84 Å². The quantitative estimate of drug-likeness (QED) is 0.449. The normalized spacial score (nSPS) is 28.1. The molecule has 12 heteroatoms. The van der Waals surface area contributed by atoms with Crippen LogP contribution in [0.1, 0.15) is 45.1 Å². The Bertz CT molecular complexity index is 1230. The lowest BCUT2D eigenvalue weighted by Gasteiger charge is -2.44. The molecule has 1 heterocycles. The molecule has 0 unspecified atom stereocenters. The Labute approximate surface area is 234 Å². The summed E-state index contributed by atoms with van der Waals surface area (Å²) in [5.41, 5.74) is 7.50. The van der Waals surface area contributed by atoms with Crippen molar-refractivity contribution < 1.29 is 21.6 Å². The van der Waals surface area contributed by atoms with Gasteiger partial charge in [0.2, 0.25) is 15.9 Å². The highest BCUT2D eigenvalue weighted by Gasteiger charge is 2.66. The minimum atomic E-state index is -3.57. The number of nitrogens with zero attached hydrogens (tertiary/aromatic N) is 2. The number of nitrogens with one attached hydrogen (secondary N) is 1. The summed E-state index contributed by atoms with van der Waals surface area (Å²) in [6, 6.07) is 6.90. The number of hydrogen-bond donors (Lipinski definition) is 2. The molecule has 3 fully saturated rings. The molecule has 9 nitrogen and oxygen atoms in total. The van der Waals surface area contributed by atoms with Gasteiger partial charge in [0.15, 0.2) is 0 Å². The number of hydrogen-bond acceptors (Lipinski definition) is 7. The van der Waals surface area contributed by atoms with Crippen LogP contribution in [0.15, 0.2) is 24.3 Å². The van der Waals surface area contributed by atoms with Crippen LogP contribution in [-0.4, -0.2) is 83.1 Å². The highest BCUT2D eigenvalue weighted by molar-refractivity contribution is 7.90. The van der Waals surface area contributed by atoms with Crippen molar-refractivity contribution in [2.45, 2.75) is 58.5 Å². The molecule has 1 amide bonds. The van der Waals surface area contributed by atoms with E-state index in [2.05, 4.69) is 43.1 Å². The zero-order chi connectivity index (χ0) is 27.2. The van der Waals surface area contributed by atoms with Crippen LogP contribution in [0.5, 0.6) is 0 Å². The topological polar surface area (TPSA) is 130 Å². The maximum atomic E-state index is 13.8. The van der Waals surface area contributed by atoms with Crippen molar-refractivity contribution in [1.82, 2.24) is 9.62 Å². The summed E-state index contributed by atoms with van der Waals surface area (Å²) >= 11 is 0. The molecule has 38 heavy (non-hydrogen) atoms. The summed E-state index contributed by atoms with van der Waals surface area (Å²) in [7, 11) is -6.80. The first kappa shape index (κ1) is 31.1. The van der Waals surface area contributed by atoms with E-state index in [0.717, 1.165) is 24.8 Å². The van der Waals surface area contributed by atoms with Crippen molar-refractivity contribution in [3.63, 3.8) is 0 Å². The molecule has 1 aromatic carbocycles. The van der Waals surface area contributed by atoms with Crippen LogP contribution in [0.4, 0.5) is 5.69 Å². The van der Waals surface area contributed by atoms with E-state index >= 15 is 0 Å². The number of sulfonamides is 1. The second-order valence-corrected chi connectivity index (χ2v) is 16.1.